The van der Waals surface area contributed by atoms with Gasteiger partial charge in [0.15, 0.2) is 5.65 Å². The minimum atomic E-state index is 0.716. The Bertz CT molecular complexity index is 928. The topological polar surface area (TPSA) is 42.2 Å². The van der Waals surface area contributed by atoms with Crippen LogP contribution in [0.2, 0.25) is 0 Å². The fourth-order valence-corrected chi connectivity index (χ4v) is 3.39. The minimum Gasteiger partial charge on any atom is -0.379 e. The van der Waals surface area contributed by atoms with E-state index in [1.165, 1.54) is 10.1 Å². The largest absolute Gasteiger partial charge is 0.379 e. The van der Waals surface area contributed by atoms with Crippen LogP contribution in [0.15, 0.2) is 52.8 Å². The fraction of sp³-hybridized carbons (Fsp3) is 0.0667. The van der Waals surface area contributed by atoms with E-state index in [4.69, 9.17) is 0 Å². The molecule has 0 aliphatic carbocycles. The van der Waals surface area contributed by atoms with E-state index in [0.717, 1.165) is 21.6 Å². The number of imidazole rings is 1. The number of hydrogen-bond donors (Lipinski definition) is 1. The third-order valence-corrected chi connectivity index (χ3v) is 4.67. The Morgan fingerprint density at radius 3 is 3.10 bits per heavy atom. The Labute approximate surface area is 133 Å². The van der Waals surface area contributed by atoms with Crippen LogP contribution in [0.1, 0.15) is 5.69 Å². The minimum absolute atomic E-state index is 0.716. The molecule has 4 aromatic rings. The first kappa shape index (κ1) is 12.8. The highest BCUT2D eigenvalue weighted by atomic mass is 79.9. The Balaban J connectivity index is 1.61. The average molecular weight is 359 g/mol. The van der Waals surface area contributed by atoms with Crippen molar-refractivity contribution in [2.24, 2.45) is 0 Å². The van der Waals surface area contributed by atoms with Gasteiger partial charge in [0, 0.05) is 16.6 Å². The zero-order valence-corrected chi connectivity index (χ0v) is 13.4. The molecule has 0 spiro atoms. The van der Waals surface area contributed by atoms with E-state index in [0.29, 0.717) is 6.54 Å². The lowest BCUT2D eigenvalue weighted by Crippen LogP contribution is -2.02. The number of fused-ring (bicyclic) bond motifs is 2. The predicted molar refractivity (Wildman–Crippen MR) is 89.8 cm³/mol. The maximum absolute atomic E-state index is 4.36. The van der Waals surface area contributed by atoms with Crippen molar-refractivity contribution in [3.05, 3.63) is 58.5 Å². The van der Waals surface area contributed by atoms with Crippen molar-refractivity contribution in [1.29, 1.82) is 0 Å². The lowest BCUT2D eigenvalue weighted by Gasteiger charge is -2.06. The van der Waals surface area contributed by atoms with E-state index in [2.05, 4.69) is 60.9 Å². The maximum Gasteiger partial charge on any atom is 0.155 e. The van der Waals surface area contributed by atoms with Crippen molar-refractivity contribution in [2.75, 3.05) is 5.32 Å². The van der Waals surface area contributed by atoms with Crippen molar-refractivity contribution in [1.82, 2.24) is 14.4 Å². The van der Waals surface area contributed by atoms with Gasteiger partial charge in [-0.05, 0) is 51.0 Å². The third kappa shape index (κ3) is 2.41. The molecule has 0 atom stereocenters. The second-order valence-corrected chi connectivity index (χ2v) is 6.47. The summed E-state index contributed by atoms with van der Waals surface area (Å²) in [5, 5.41) is 6.84. The molecule has 0 saturated heterocycles. The van der Waals surface area contributed by atoms with Gasteiger partial charge < -0.3 is 5.32 Å². The first-order valence-corrected chi connectivity index (χ1v) is 8.15. The monoisotopic (exact) mass is 358 g/mol. The standard InChI is InChI=1S/C15H11BrN4S/c16-14-9-20-12(7-19-15(20)8-18-14)6-17-11-1-2-13-10(5-11)3-4-21-13/h1-5,7-9,17H,6H2. The number of nitrogens with one attached hydrogen (secondary N) is 1. The van der Waals surface area contributed by atoms with Gasteiger partial charge in [0.2, 0.25) is 0 Å². The van der Waals surface area contributed by atoms with Crippen LogP contribution in [0.5, 0.6) is 0 Å². The summed E-state index contributed by atoms with van der Waals surface area (Å²) < 4.78 is 4.15. The van der Waals surface area contributed by atoms with E-state index >= 15 is 0 Å². The summed E-state index contributed by atoms with van der Waals surface area (Å²) in [6.45, 7) is 0.716. The molecule has 1 N–H and O–H groups in total. The van der Waals surface area contributed by atoms with Crippen molar-refractivity contribution < 1.29 is 0 Å². The number of nitrogens with zero attached hydrogens (tertiary/aromatic N) is 3. The fourth-order valence-electron chi connectivity index (χ4n) is 2.32. The molecule has 0 amide bonds. The zero-order chi connectivity index (χ0) is 14.2. The normalized spacial score (nSPS) is 11.3. The van der Waals surface area contributed by atoms with Gasteiger partial charge >= 0.3 is 0 Å². The van der Waals surface area contributed by atoms with Crippen LogP contribution >= 0.6 is 27.3 Å². The summed E-state index contributed by atoms with van der Waals surface area (Å²) in [6, 6.07) is 8.57. The summed E-state index contributed by atoms with van der Waals surface area (Å²) in [5.74, 6) is 0. The Morgan fingerprint density at radius 2 is 2.14 bits per heavy atom. The first-order chi connectivity index (χ1) is 10.3. The lowest BCUT2D eigenvalue weighted by molar-refractivity contribution is 0.984. The highest BCUT2D eigenvalue weighted by molar-refractivity contribution is 9.10. The lowest BCUT2D eigenvalue weighted by atomic mass is 10.2. The van der Waals surface area contributed by atoms with Crippen LogP contribution in [0.3, 0.4) is 0 Å². The van der Waals surface area contributed by atoms with Crippen LogP contribution in [-0.4, -0.2) is 14.4 Å². The molecule has 6 heteroatoms. The Hall–Kier alpha value is -1.92. The molecular weight excluding hydrogens is 348 g/mol. The predicted octanol–water partition coefficient (Wildman–Crippen LogP) is 4.32. The third-order valence-electron chi connectivity index (χ3n) is 3.37. The average Bonchev–Trinajstić information content (AvgIpc) is 3.10. The molecule has 0 unspecified atom stereocenters. The van der Waals surface area contributed by atoms with E-state index in [-0.39, 0.29) is 0 Å². The van der Waals surface area contributed by atoms with Gasteiger partial charge in [-0.15, -0.1) is 11.3 Å². The molecule has 3 heterocycles. The summed E-state index contributed by atoms with van der Waals surface area (Å²) in [4.78, 5) is 8.54. The highest BCUT2D eigenvalue weighted by Crippen LogP contribution is 2.24. The molecule has 1 aromatic carbocycles. The summed E-state index contributed by atoms with van der Waals surface area (Å²) in [7, 11) is 0. The molecule has 21 heavy (non-hydrogen) atoms. The molecule has 0 saturated carbocycles. The highest BCUT2D eigenvalue weighted by Gasteiger charge is 2.04. The molecule has 0 aliphatic heterocycles. The second-order valence-electron chi connectivity index (χ2n) is 4.71. The quantitative estimate of drug-likeness (QED) is 0.592. The Morgan fingerprint density at radius 1 is 1.19 bits per heavy atom. The first-order valence-electron chi connectivity index (χ1n) is 6.48. The molecule has 4 rings (SSSR count). The number of aromatic nitrogens is 3. The van der Waals surface area contributed by atoms with Gasteiger partial charge in [0.25, 0.3) is 0 Å². The number of halogens is 1. The SMILES string of the molecule is Brc1cn2c(CNc3ccc4sccc4c3)cnc2cn1. The van der Waals surface area contributed by atoms with Crippen molar-refractivity contribution in [3.8, 4) is 0 Å². The molecule has 0 fully saturated rings. The van der Waals surface area contributed by atoms with Crippen LogP contribution in [0.25, 0.3) is 15.7 Å². The Kier molecular flexibility index (Phi) is 3.12. The smallest absolute Gasteiger partial charge is 0.155 e. The van der Waals surface area contributed by atoms with Crippen LogP contribution < -0.4 is 5.32 Å². The van der Waals surface area contributed by atoms with E-state index in [9.17, 15) is 0 Å². The maximum atomic E-state index is 4.36. The summed E-state index contributed by atoms with van der Waals surface area (Å²) in [5.41, 5.74) is 3.06. The van der Waals surface area contributed by atoms with Gasteiger partial charge in [-0.2, -0.15) is 0 Å². The van der Waals surface area contributed by atoms with Crippen molar-refractivity contribution in [3.63, 3.8) is 0 Å². The van der Waals surface area contributed by atoms with E-state index < -0.39 is 0 Å². The van der Waals surface area contributed by atoms with Gasteiger partial charge in [-0.1, -0.05) is 0 Å². The summed E-state index contributed by atoms with van der Waals surface area (Å²) in [6.07, 6.45) is 5.56. The summed E-state index contributed by atoms with van der Waals surface area (Å²) >= 11 is 5.15. The van der Waals surface area contributed by atoms with Crippen LogP contribution in [0.4, 0.5) is 5.69 Å². The van der Waals surface area contributed by atoms with Crippen LogP contribution in [0, 0.1) is 0 Å². The van der Waals surface area contributed by atoms with E-state index in [1.54, 1.807) is 17.5 Å². The number of rotatable bonds is 3. The zero-order valence-electron chi connectivity index (χ0n) is 11.0. The van der Waals surface area contributed by atoms with Gasteiger partial charge in [0.1, 0.15) is 4.60 Å². The van der Waals surface area contributed by atoms with E-state index in [1.807, 2.05) is 16.8 Å². The molecule has 0 bridgehead atoms. The molecule has 3 aromatic heterocycles. The van der Waals surface area contributed by atoms with Gasteiger partial charge in [0.05, 0.1) is 24.6 Å². The second kappa shape index (κ2) is 5.13. The van der Waals surface area contributed by atoms with Crippen molar-refractivity contribution in [2.45, 2.75) is 6.54 Å². The number of benzene rings is 1. The number of thiophene rings is 1. The van der Waals surface area contributed by atoms with Crippen molar-refractivity contribution >= 4 is 48.7 Å². The molecule has 0 radical (unpaired) electrons. The molecule has 4 nitrogen and oxygen atoms in total. The van der Waals surface area contributed by atoms with Crippen LogP contribution in [-0.2, 0) is 6.54 Å². The van der Waals surface area contributed by atoms with Gasteiger partial charge in [-0.3, -0.25) is 4.40 Å². The number of hydrogen-bond acceptors (Lipinski definition) is 4. The van der Waals surface area contributed by atoms with Gasteiger partial charge in [-0.25, -0.2) is 9.97 Å². The molecule has 0 aliphatic rings. The molecule has 104 valence electrons. The molecular formula is C15H11BrN4S. The number of anilines is 1.